The van der Waals surface area contributed by atoms with Gasteiger partial charge in [0, 0.05) is 0 Å². The molecule has 2 nitrogen and oxygen atoms in total. The first-order valence-corrected chi connectivity index (χ1v) is 5.77. The third-order valence-corrected chi connectivity index (χ3v) is 5.04. The first-order valence-electron chi connectivity index (χ1n) is 5.77. The molecule has 0 aromatic rings. The van der Waals surface area contributed by atoms with Crippen LogP contribution in [0.15, 0.2) is 0 Å². The number of aliphatic hydroxyl groups excluding tert-OH is 1. The van der Waals surface area contributed by atoms with E-state index in [0.29, 0.717) is 10.8 Å². The molecule has 0 saturated heterocycles. The number of hydrogen-bond acceptors (Lipinski definition) is 2. The Bertz CT molecular complexity index is 308. The van der Waals surface area contributed by atoms with Crippen molar-refractivity contribution in [2.24, 2.45) is 16.7 Å². The van der Waals surface area contributed by atoms with Crippen LogP contribution in [-0.4, -0.2) is 11.2 Å². The van der Waals surface area contributed by atoms with E-state index in [1.54, 1.807) is 0 Å². The summed E-state index contributed by atoms with van der Waals surface area (Å²) in [5.74, 6) is 0.920. The van der Waals surface area contributed by atoms with Gasteiger partial charge in [-0.15, -0.1) is 0 Å². The molecule has 3 saturated carbocycles. The van der Waals surface area contributed by atoms with Crippen molar-refractivity contribution in [1.82, 2.24) is 0 Å². The topological polar surface area (TPSA) is 44.0 Å². The Morgan fingerprint density at radius 3 is 3.07 bits per heavy atom. The van der Waals surface area contributed by atoms with Crippen LogP contribution in [0.1, 0.15) is 44.9 Å². The van der Waals surface area contributed by atoms with Crippen LogP contribution in [0.4, 0.5) is 0 Å². The lowest BCUT2D eigenvalue weighted by molar-refractivity contribution is 0.172. The molecule has 4 atom stereocenters. The first-order chi connectivity index (χ1) is 6.70. The molecular weight excluding hydrogens is 174 g/mol. The Morgan fingerprint density at radius 2 is 2.36 bits per heavy atom. The molecule has 3 rings (SSSR count). The van der Waals surface area contributed by atoms with Gasteiger partial charge in [-0.3, -0.25) is 0 Å². The van der Waals surface area contributed by atoms with E-state index >= 15 is 0 Å². The van der Waals surface area contributed by atoms with E-state index in [1.807, 2.05) is 6.07 Å². The number of fused-ring (bicyclic) bond motifs is 1. The lowest BCUT2D eigenvalue weighted by Crippen LogP contribution is -2.15. The van der Waals surface area contributed by atoms with Gasteiger partial charge >= 0.3 is 0 Å². The van der Waals surface area contributed by atoms with Crippen molar-refractivity contribution in [2.75, 3.05) is 0 Å². The molecular formula is C12H17NO. The lowest BCUT2D eigenvalue weighted by Gasteiger charge is -2.22. The third kappa shape index (κ3) is 0.941. The zero-order chi connectivity index (χ0) is 9.81. The number of nitriles is 1. The second-order valence-corrected chi connectivity index (χ2v) is 5.75. The first kappa shape index (κ1) is 8.73. The standard InChI is InChI=1S/C12H17NO/c13-7-10(14)6-12-5-9-2-1-3-11(12,4-9)8-12/h9-10,14H,1-6,8H2. The van der Waals surface area contributed by atoms with Crippen LogP contribution in [0.5, 0.6) is 0 Å². The highest BCUT2D eigenvalue weighted by atomic mass is 16.3. The highest BCUT2D eigenvalue weighted by Crippen LogP contribution is 2.80. The zero-order valence-corrected chi connectivity index (χ0v) is 8.50. The third-order valence-electron chi connectivity index (χ3n) is 5.04. The van der Waals surface area contributed by atoms with Crippen molar-refractivity contribution in [3.05, 3.63) is 0 Å². The van der Waals surface area contributed by atoms with Crippen LogP contribution < -0.4 is 0 Å². The molecule has 0 heterocycles. The molecule has 4 unspecified atom stereocenters. The molecule has 3 aliphatic carbocycles. The quantitative estimate of drug-likeness (QED) is 0.680. The largest absolute Gasteiger partial charge is 0.378 e. The monoisotopic (exact) mass is 191 g/mol. The van der Waals surface area contributed by atoms with Gasteiger partial charge in [0.2, 0.25) is 0 Å². The highest BCUT2D eigenvalue weighted by Gasteiger charge is 2.71. The summed E-state index contributed by atoms with van der Waals surface area (Å²) < 4.78 is 0. The van der Waals surface area contributed by atoms with E-state index in [0.717, 1.165) is 12.3 Å². The second kappa shape index (κ2) is 2.52. The van der Waals surface area contributed by atoms with Gasteiger partial charge < -0.3 is 5.11 Å². The summed E-state index contributed by atoms with van der Waals surface area (Å²) in [6.07, 6.45) is 8.17. The predicted octanol–water partition coefficient (Wildman–Crippen LogP) is 2.23. The number of hydrogen-bond donors (Lipinski definition) is 1. The van der Waals surface area contributed by atoms with Gasteiger partial charge in [0.15, 0.2) is 0 Å². The van der Waals surface area contributed by atoms with Gasteiger partial charge in [-0.1, -0.05) is 12.8 Å². The van der Waals surface area contributed by atoms with Crippen molar-refractivity contribution >= 4 is 0 Å². The molecule has 2 bridgehead atoms. The fourth-order valence-electron chi connectivity index (χ4n) is 4.53. The fraction of sp³-hybridized carbons (Fsp3) is 0.917. The van der Waals surface area contributed by atoms with Gasteiger partial charge in [-0.05, 0) is 48.9 Å². The lowest BCUT2D eigenvalue weighted by atomic mass is 9.83. The Kier molecular flexibility index (Phi) is 1.57. The molecule has 0 amide bonds. The maximum atomic E-state index is 9.47. The molecule has 3 aliphatic rings. The molecule has 2 heteroatoms. The average Bonchev–Trinajstić information content (AvgIpc) is 2.64. The number of nitrogens with zero attached hydrogens (tertiary/aromatic N) is 1. The van der Waals surface area contributed by atoms with E-state index < -0.39 is 6.10 Å². The smallest absolute Gasteiger partial charge is 0.141 e. The summed E-state index contributed by atoms with van der Waals surface area (Å²) in [7, 11) is 0. The van der Waals surface area contributed by atoms with Crippen molar-refractivity contribution in [3.8, 4) is 6.07 Å². The molecule has 0 aromatic heterocycles. The highest BCUT2D eigenvalue weighted by molar-refractivity contribution is 5.22. The van der Waals surface area contributed by atoms with Crippen molar-refractivity contribution in [2.45, 2.75) is 51.0 Å². The molecule has 0 aromatic carbocycles. The molecule has 3 fully saturated rings. The SMILES string of the molecule is N#CC(O)CC12CC3CCCC1(C3)C2. The van der Waals surface area contributed by atoms with Crippen molar-refractivity contribution < 1.29 is 5.11 Å². The summed E-state index contributed by atoms with van der Waals surface area (Å²) in [6.45, 7) is 0. The van der Waals surface area contributed by atoms with E-state index in [2.05, 4.69) is 0 Å². The Balaban J connectivity index is 1.78. The molecule has 1 spiro atoms. The van der Waals surface area contributed by atoms with Crippen LogP contribution in [0.3, 0.4) is 0 Å². The molecule has 1 N–H and O–H groups in total. The van der Waals surface area contributed by atoms with E-state index in [-0.39, 0.29) is 0 Å². The van der Waals surface area contributed by atoms with Gasteiger partial charge in [0.1, 0.15) is 6.10 Å². The normalized spacial score (nSPS) is 50.7. The maximum Gasteiger partial charge on any atom is 0.141 e. The summed E-state index contributed by atoms with van der Waals surface area (Å²) in [5.41, 5.74) is 0.969. The second-order valence-electron chi connectivity index (χ2n) is 5.75. The minimum Gasteiger partial charge on any atom is -0.378 e. The molecule has 0 aliphatic heterocycles. The van der Waals surface area contributed by atoms with Gasteiger partial charge in [0.05, 0.1) is 6.07 Å². The predicted molar refractivity (Wildman–Crippen MR) is 52.3 cm³/mol. The maximum absolute atomic E-state index is 9.47. The minimum absolute atomic E-state index is 0.392. The molecule has 0 radical (unpaired) electrons. The van der Waals surface area contributed by atoms with Gasteiger partial charge in [-0.2, -0.15) is 5.26 Å². The van der Waals surface area contributed by atoms with Crippen LogP contribution >= 0.6 is 0 Å². The van der Waals surface area contributed by atoms with Crippen LogP contribution in [0.25, 0.3) is 0 Å². The van der Waals surface area contributed by atoms with E-state index in [1.165, 1.54) is 38.5 Å². The number of aliphatic hydroxyl groups is 1. The number of rotatable bonds is 2. The van der Waals surface area contributed by atoms with Crippen LogP contribution in [0, 0.1) is 28.1 Å². The fourth-order valence-corrected chi connectivity index (χ4v) is 4.53. The summed E-state index contributed by atoms with van der Waals surface area (Å²) in [6, 6.07) is 1.98. The van der Waals surface area contributed by atoms with Crippen LogP contribution in [-0.2, 0) is 0 Å². The Hall–Kier alpha value is -0.550. The van der Waals surface area contributed by atoms with Crippen LogP contribution in [0.2, 0.25) is 0 Å². The van der Waals surface area contributed by atoms with Gasteiger partial charge in [-0.25, -0.2) is 0 Å². The van der Waals surface area contributed by atoms with Crippen molar-refractivity contribution in [1.29, 1.82) is 5.26 Å². The average molecular weight is 191 g/mol. The van der Waals surface area contributed by atoms with Gasteiger partial charge in [0.25, 0.3) is 0 Å². The molecule has 76 valence electrons. The van der Waals surface area contributed by atoms with E-state index in [9.17, 15) is 5.11 Å². The van der Waals surface area contributed by atoms with E-state index in [4.69, 9.17) is 5.26 Å². The van der Waals surface area contributed by atoms with Crippen molar-refractivity contribution in [3.63, 3.8) is 0 Å². The summed E-state index contributed by atoms with van der Waals surface area (Å²) >= 11 is 0. The summed E-state index contributed by atoms with van der Waals surface area (Å²) in [4.78, 5) is 0. The summed E-state index contributed by atoms with van der Waals surface area (Å²) in [5, 5.41) is 18.1. The molecule has 14 heavy (non-hydrogen) atoms. The minimum atomic E-state index is -0.714. The Morgan fingerprint density at radius 1 is 1.50 bits per heavy atom. The zero-order valence-electron chi connectivity index (χ0n) is 8.50. The Labute approximate surface area is 84.9 Å².